The minimum atomic E-state index is -3.60. The van der Waals surface area contributed by atoms with Gasteiger partial charge in [-0.25, -0.2) is 12.8 Å². The highest BCUT2D eigenvalue weighted by Gasteiger charge is 2.20. The highest BCUT2D eigenvalue weighted by atomic mass is 79.9. The van der Waals surface area contributed by atoms with E-state index in [2.05, 4.69) is 15.9 Å². The predicted octanol–water partition coefficient (Wildman–Crippen LogP) is 2.00. The van der Waals surface area contributed by atoms with Crippen molar-refractivity contribution in [1.82, 2.24) is 0 Å². The lowest BCUT2D eigenvalue weighted by molar-refractivity contribution is 0.408. The van der Waals surface area contributed by atoms with Crippen LogP contribution in [-0.4, -0.2) is 21.8 Å². The number of hydrogen-bond acceptors (Lipinski definition) is 3. The van der Waals surface area contributed by atoms with Crippen molar-refractivity contribution in [3.8, 4) is 5.75 Å². The molecule has 1 rings (SSSR count). The Morgan fingerprint density at radius 3 is 2.43 bits per heavy atom. The number of benzene rings is 1. The summed E-state index contributed by atoms with van der Waals surface area (Å²) in [5.74, 6) is -0.507. The van der Waals surface area contributed by atoms with Crippen LogP contribution in [-0.2, 0) is 9.84 Å². The summed E-state index contributed by atoms with van der Waals surface area (Å²) in [6.07, 6.45) is 0.940. The van der Waals surface area contributed by atoms with E-state index in [0.717, 1.165) is 12.3 Å². The number of methoxy groups -OCH3 is 1. The zero-order chi connectivity index (χ0) is 10.9. The van der Waals surface area contributed by atoms with E-state index in [1.165, 1.54) is 13.2 Å². The summed E-state index contributed by atoms with van der Waals surface area (Å²) in [5, 5.41) is 0. The highest BCUT2D eigenvalue weighted by Crippen LogP contribution is 2.33. The van der Waals surface area contributed by atoms with Gasteiger partial charge in [-0.1, -0.05) is 0 Å². The number of rotatable bonds is 2. The molecule has 0 spiro atoms. The summed E-state index contributed by atoms with van der Waals surface area (Å²) in [6.45, 7) is 0. The fourth-order valence-corrected chi connectivity index (χ4v) is 3.23. The zero-order valence-electron chi connectivity index (χ0n) is 7.54. The maximum atomic E-state index is 13.2. The molecule has 0 atom stereocenters. The number of hydrogen-bond donors (Lipinski definition) is 0. The van der Waals surface area contributed by atoms with Gasteiger partial charge in [-0.2, -0.15) is 0 Å². The van der Waals surface area contributed by atoms with Crippen molar-refractivity contribution >= 4 is 25.8 Å². The monoisotopic (exact) mass is 282 g/mol. The molecule has 0 aliphatic carbocycles. The fourth-order valence-electron chi connectivity index (χ4n) is 1.01. The highest BCUT2D eigenvalue weighted by molar-refractivity contribution is 9.10. The number of sulfone groups is 1. The summed E-state index contributed by atoms with van der Waals surface area (Å²) in [6, 6.07) is 2.41. The molecule has 0 saturated carbocycles. The molecule has 0 saturated heterocycles. The van der Waals surface area contributed by atoms with Crippen LogP contribution in [0.5, 0.6) is 5.75 Å². The number of ether oxygens (including phenoxy) is 1. The van der Waals surface area contributed by atoms with E-state index in [1.807, 2.05) is 0 Å². The van der Waals surface area contributed by atoms with E-state index in [9.17, 15) is 12.8 Å². The van der Waals surface area contributed by atoms with Crippen molar-refractivity contribution in [2.45, 2.75) is 4.90 Å². The Bertz CT molecular complexity index is 456. The van der Waals surface area contributed by atoms with Crippen LogP contribution in [0.1, 0.15) is 0 Å². The van der Waals surface area contributed by atoms with E-state index < -0.39 is 15.7 Å². The van der Waals surface area contributed by atoms with Gasteiger partial charge >= 0.3 is 0 Å². The molecule has 0 aliphatic rings. The smallest absolute Gasteiger partial charge is 0.179 e. The largest absolute Gasteiger partial charge is 0.496 e. The average Bonchev–Trinajstić information content (AvgIpc) is 2.02. The van der Waals surface area contributed by atoms with Crippen LogP contribution in [0.3, 0.4) is 0 Å². The first-order valence-corrected chi connectivity index (χ1v) is 6.28. The third-order valence-electron chi connectivity index (χ3n) is 1.60. The Morgan fingerprint density at radius 1 is 1.43 bits per heavy atom. The predicted molar refractivity (Wildman–Crippen MR) is 53.8 cm³/mol. The van der Waals surface area contributed by atoms with Crippen LogP contribution in [0.2, 0.25) is 0 Å². The standard InChI is InChI=1S/C8H8BrFO3S/c1-13-6-4-3-5(10)8(7(6)9)14(2,11)12/h3-4H,1-2H3. The molecule has 0 fully saturated rings. The van der Waals surface area contributed by atoms with Gasteiger partial charge in [0.1, 0.15) is 16.5 Å². The van der Waals surface area contributed by atoms with Crippen molar-refractivity contribution in [3.05, 3.63) is 22.4 Å². The van der Waals surface area contributed by atoms with Crippen LogP contribution in [0, 0.1) is 5.82 Å². The van der Waals surface area contributed by atoms with Crippen molar-refractivity contribution < 1.29 is 17.5 Å². The molecule has 14 heavy (non-hydrogen) atoms. The molecule has 0 amide bonds. The molecule has 0 bridgehead atoms. The van der Waals surface area contributed by atoms with Crippen LogP contribution in [0.4, 0.5) is 4.39 Å². The lowest BCUT2D eigenvalue weighted by atomic mass is 10.3. The lowest BCUT2D eigenvalue weighted by Crippen LogP contribution is -2.03. The SMILES string of the molecule is COc1ccc(F)c(S(C)(=O)=O)c1Br. The Morgan fingerprint density at radius 2 is 2.00 bits per heavy atom. The van der Waals surface area contributed by atoms with Crippen LogP contribution in [0.25, 0.3) is 0 Å². The van der Waals surface area contributed by atoms with Gasteiger partial charge in [0, 0.05) is 6.26 Å². The van der Waals surface area contributed by atoms with Crippen molar-refractivity contribution in [2.24, 2.45) is 0 Å². The van der Waals surface area contributed by atoms with Gasteiger partial charge in [0.05, 0.1) is 11.6 Å². The van der Waals surface area contributed by atoms with Gasteiger partial charge in [-0.05, 0) is 28.1 Å². The minimum Gasteiger partial charge on any atom is -0.496 e. The first-order chi connectivity index (χ1) is 6.38. The molecular weight excluding hydrogens is 275 g/mol. The minimum absolute atomic E-state index is 0.113. The third kappa shape index (κ3) is 2.06. The second-order valence-electron chi connectivity index (χ2n) is 2.66. The first kappa shape index (κ1) is 11.5. The molecular formula is C8H8BrFO3S. The third-order valence-corrected chi connectivity index (χ3v) is 3.79. The van der Waals surface area contributed by atoms with Gasteiger partial charge in [0.15, 0.2) is 9.84 Å². The number of halogens is 2. The van der Waals surface area contributed by atoms with Crippen molar-refractivity contribution in [1.29, 1.82) is 0 Å². The maximum Gasteiger partial charge on any atom is 0.179 e. The summed E-state index contributed by atoms with van der Waals surface area (Å²) in [5.41, 5.74) is 0. The van der Waals surface area contributed by atoms with Crippen molar-refractivity contribution in [3.63, 3.8) is 0 Å². The van der Waals surface area contributed by atoms with Gasteiger partial charge in [-0.15, -0.1) is 0 Å². The Balaban J connectivity index is 3.57. The fraction of sp³-hybridized carbons (Fsp3) is 0.250. The zero-order valence-corrected chi connectivity index (χ0v) is 9.95. The molecule has 0 aromatic heterocycles. The van der Waals surface area contributed by atoms with E-state index in [4.69, 9.17) is 4.74 Å². The summed E-state index contributed by atoms with van der Waals surface area (Å²) in [7, 11) is -2.22. The quantitative estimate of drug-likeness (QED) is 0.833. The van der Waals surface area contributed by atoms with E-state index >= 15 is 0 Å². The Labute approximate surface area is 89.9 Å². The molecule has 0 N–H and O–H groups in total. The van der Waals surface area contributed by atoms with Gasteiger partial charge in [-0.3, -0.25) is 0 Å². The van der Waals surface area contributed by atoms with Crippen LogP contribution in [0.15, 0.2) is 21.5 Å². The Kier molecular flexibility index (Phi) is 3.16. The molecule has 0 unspecified atom stereocenters. The van der Waals surface area contributed by atoms with Gasteiger partial charge < -0.3 is 4.74 Å². The normalized spacial score (nSPS) is 11.4. The molecule has 78 valence electrons. The topological polar surface area (TPSA) is 43.4 Å². The molecule has 0 radical (unpaired) electrons. The van der Waals surface area contributed by atoms with E-state index in [0.29, 0.717) is 0 Å². The van der Waals surface area contributed by atoms with Gasteiger partial charge in [0.2, 0.25) is 0 Å². The summed E-state index contributed by atoms with van der Waals surface area (Å²) >= 11 is 2.98. The molecule has 3 nitrogen and oxygen atoms in total. The summed E-state index contributed by atoms with van der Waals surface area (Å²) < 4.78 is 40.6. The Hall–Kier alpha value is -0.620. The van der Waals surface area contributed by atoms with E-state index in [1.54, 1.807) is 0 Å². The van der Waals surface area contributed by atoms with Gasteiger partial charge in [0.25, 0.3) is 0 Å². The summed E-state index contributed by atoms with van der Waals surface area (Å²) in [4.78, 5) is -0.378. The molecule has 0 heterocycles. The lowest BCUT2D eigenvalue weighted by Gasteiger charge is -2.08. The first-order valence-electron chi connectivity index (χ1n) is 3.60. The second-order valence-corrected chi connectivity index (χ2v) is 5.41. The average molecular weight is 283 g/mol. The molecule has 1 aromatic carbocycles. The maximum absolute atomic E-state index is 13.2. The van der Waals surface area contributed by atoms with Crippen LogP contribution < -0.4 is 4.74 Å². The molecule has 6 heteroatoms. The second kappa shape index (κ2) is 3.86. The van der Waals surface area contributed by atoms with Crippen molar-refractivity contribution in [2.75, 3.05) is 13.4 Å². The molecule has 0 aliphatic heterocycles. The van der Waals surface area contributed by atoms with Crippen LogP contribution >= 0.6 is 15.9 Å². The molecule has 1 aromatic rings. The van der Waals surface area contributed by atoms with E-state index in [-0.39, 0.29) is 15.1 Å².